The molecule has 0 spiro atoms. The number of hydrogen-bond acceptors (Lipinski definition) is 4. The number of nitrogens with zero attached hydrogens (tertiary/aromatic N) is 1. The number of Topliss-reactive ketones (excluding diaryl/α,β-unsaturated/α-hetero) is 2. The smallest absolute Gasteiger partial charge is 0.246 e. The monoisotopic (exact) mass is 286 g/mol. The fraction of sp³-hybridized carbons (Fsp3) is 0.667. The topological polar surface area (TPSA) is 66.5 Å². The summed E-state index contributed by atoms with van der Waals surface area (Å²) in [5.74, 6) is 0.286. The summed E-state index contributed by atoms with van der Waals surface area (Å²) in [4.78, 5) is 31.9. The molecule has 0 unspecified atom stereocenters. The van der Waals surface area contributed by atoms with Crippen molar-refractivity contribution in [3.63, 3.8) is 0 Å². The van der Waals surface area contributed by atoms with Crippen LogP contribution in [0.3, 0.4) is 0 Å². The van der Waals surface area contributed by atoms with Crippen LogP contribution in [0, 0.1) is 0 Å². The van der Waals surface area contributed by atoms with Crippen molar-refractivity contribution in [1.29, 1.82) is 0 Å². The van der Waals surface area contributed by atoms with Gasteiger partial charge in [0, 0.05) is 12.1 Å². The lowest BCUT2D eigenvalue weighted by Crippen LogP contribution is -2.27. The largest absolute Gasteiger partial charge is 0.352 e. The first-order valence-corrected chi connectivity index (χ1v) is 6.53. The standard InChI is InChI=1S/C9H18N2O.2C3H6O/c1-8(2)9(12)10-6-5-7-11(3)4;2*1-3(2)4/h1,5-7H2,2-4H3,(H,10,12);2*1-2H3. The summed E-state index contributed by atoms with van der Waals surface area (Å²) in [5.41, 5.74) is 0.569. The van der Waals surface area contributed by atoms with E-state index in [0.717, 1.165) is 19.5 Å². The van der Waals surface area contributed by atoms with Crippen molar-refractivity contribution in [1.82, 2.24) is 10.2 Å². The van der Waals surface area contributed by atoms with E-state index >= 15 is 0 Å². The van der Waals surface area contributed by atoms with Gasteiger partial charge in [0.15, 0.2) is 0 Å². The Balaban J connectivity index is -0.000000297. The first-order chi connectivity index (χ1) is 9.00. The Kier molecular flexibility index (Phi) is 18.4. The van der Waals surface area contributed by atoms with E-state index < -0.39 is 0 Å². The van der Waals surface area contributed by atoms with E-state index in [-0.39, 0.29) is 17.5 Å². The quantitative estimate of drug-likeness (QED) is 0.618. The first kappa shape index (κ1) is 23.6. The third kappa shape index (κ3) is 43.9. The van der Waals surface area contributed by atoms with Crippen LogP contribution in [0.25, 0.3) is 0 Å². The van der Waals surface area contributed by atoms with E-state index in [1.165, 1.54) is 27.7 Å². The Morgan fingerprint density at radius 1 is 0.950 bits per heavy atom. The van der Waals surface area contributed by atoms with Gasteiger partial charge in [0.25, 0.3) is 0 Å². The maximum Gasteiger partial charge on any atom is 0.246 e. The molecule has 0 aliphatic rings. The lowest BCUT2D eigenvalue weighted by Gasteiger charge is -2.09. The molecule has 0 heterocycles. The van der Waals surface area contributed by atoms with Gasteiger partial charge in [0.2, 0.25) is 5.91 Å². The lowest BCUT2D eigenvalue weighted by atomic mass is 10.3. The van der Waals surface area contributed by atoms with Crippen molar-refractivity contribution < 1.29 is 14.4 Å². The van der Waals surface area contributed by atoms with Gasteiger partial charge in [0.05, 0.1) is 0 Å². The van der Waals surface area contributed by atoms with Crippen LogP contribution in [0.4, 0.5) is 0 Å². The van der Waals surface area contributed by atoms with Gasteiger partial charge >= 0.3 is 0 Å². The average Bonchev–Trinajstić information content (AvgIpc) is 2.21. The van der Waals surface area contributed by atoms with Crippen molar-refractivity contribution in [3.05, 3.63) is 12.2 Å². The molecule has 0 bridgehead atoms. The second-order valence-corrected chi connectivity index (χ2v) is 5.01. The van der Waals surface area contributed by atoms with E-state index in [1.807, 2.05) is 14.1 Å². The van der Waals surface area contributed by atoms with E-state index in [0.29, 0.717) is 5.57 Å². The highest BCUT2D eigenvalue weighted by atomic mass is 16.1. The molecule has 0 aliphatic carbocycles. The van der Waals surface area contributed by atoms with Gasteiger partial charge in [-0.15, -0.1) is 0 Å². The SMILES string of the molecule is C=C(C)C(=O)NCCCN(C)C.CC(C)=O.CC(C)=O. The maximum atomic E-state index is 11.0. The Bertz CT molecular complexity index is 290. The van der Waals surface area contributed by atoms with Crippen LogP contribution in [-0.2, 0) is 14.4 Å². The minimum Gasteiger partial charge on any atom is -0.352 e. The Morgan fingerprint density at radius 3 is 1.55 bits per heavy atom. The number of amides is 1. The molecule has 5 heteroatoms. The normalized spacial score (nSPS) is 8.60. The first-order valence-electron chi connectivity index (χ1n) is 6.53. The fourth-order valence-corrected chi connectivity index (χ4v) is 0.748. The second kappa shape index (κ2) is 15.6. The minimum absolute atomic E-state index is 0.0474. The van der Waals surface area contributed by atoms with Gasteiger partial charge in [-0.05, 0) is 61.7 Å². The molecule has 0 atom stereocenters. The number of rotatable bonds is 5. The van der Waals surface area contributed by atoms with Gasteiger partial charge in [-0.2, -0.15) is 0 Å². The zero-order chi connectivity index (χ0) is 16.7. The predicted molar refractivity (Wildman–Crippen MR) is 83.7 cm³/mol. The highest BCUT2D eigenvalue weighted by molar-refractivity contribution is 5.91. The predicted octanol–water partition coefficient (Wildman–Crippen LogP) is 1.82. The molecular weight excluding hydrogens is 256 g/mol. The fourth-order valence-electron chi connectivity index (χ4n) is 0.748. The molecule has 118 valence electrons. The zero-order valence-electron chi connectivity index (χ0n) is 14.0. The molecule has 20 heavy (non-hydrogen) atoms. The van der Waals surface area contributed by atoms with E-state index in [2.05, 4.69) is 16.8 Å². The number of ketones is 2. The van der Waals surface area contributed by atoms with Gasteiger partial charge in [-0.3, -0.25) is 4.79 Å². The molecule has 1 N–H and O–H groups in total. The zero-order valence-corrected chi connectivity index (χ0v) is 14.0. The van der Waals surface area contributed by atoms with Gasteiger partial charge in [0.1, 0.15) is 11.6 Å². The van der Waals surface area contributed by atoms with E-state index in [1.54, 1.807) is 6.92 Å². The van der Waals surface area contributed by atoms with Crippen LogP contribution in [-0.4, -0.2) is 49.6 Å². The van der Waals surface area contributed by atoms with Gasteiger partial charge in [-0.1, -0.05) is 6.58 Å². The Hall–Kier alpha value is -1.49. The van der Waals surface area contributed by atoms with Crippen molar-refractivity contribution >= 4 is 17.5 Å². The van der Waals surface area contributed by atoms with Gasteiger partial charge < -0.3 is 19.8 Å². The molecule has 0 aliphatic heterocycles. The van der Waals surface area contributed by atoms with Crippen molar-refractivity contribution in [2.24, 2.45) is 0 Å². The van der Waals surface area contributed by atoms with Crippen LogP contribution in [0.15, 0.2) is 12.2 Å². The summed E-state index contributed by atoms with van der Waals surface area (Å²) in [6.07, 6.45) is 0.978. The Morgan fingerprint density at radius 2 is 1.30 bits per heavy atom. The van der Waals surface area contributed by atoms with Crippen LogP contribution < -0.4 is 5.32 Å². The highest BCUT2D eigenvalue weighted by Crippen LogP contribution is 1.86. The second-order valence-electron chi connectivity index (χ2n) is 5.01. The molecule has 0 rings (SSSR count). The Labute approximate surface area is 123 Å². The number of carbonyl (C=O) groups excluding carboxylic acids is 3. The van der Waals surface area contributed by atoms with Crippen LogP contribution >= 0.6 is 0 Å². The summed E-state index contributed by atoms with van der Waals surface area (Å²) < 4.78 is 0. The van der Waals surface area contributed by atoms with Gasteiger partial charge in [-0.25, -0.2) is 0 Å². The van der Waals surface area contributed by atoms with Crippen LogP contribution in [0.5, 0.6) is 0 Å². The molecule has 0 aromatic carbocycles. The average molecular weight is 286 g/mol. The summed E-state index contributed by atoms with van der Waals surface area (Å²) in [6.45, 7) is 13.1. The maximum absolute atomic E-state index is 11.0. The molecule has 0 aromatic rings. The highest BCUT2D eigenvalue weighted by Gasteiger charge is 1.99. The van der Waals surface area contributed by atoms with Crippen molar-refractivity contribution in [2.45, 2.75) is 41.0 Å². The van der Waals surface area contributed by atoms with Crippen LogP contribution in [0.2, 0.25) is 0 Å². The summed E-state index contributed by atoms with van der Waals surface area (Å²) in [7, 11) is 4.03. The summed E-state index contributed by atoms with van der Waals surface area (Å²) in [6, 6.07) is 0. The van der Waals surface area contributed by atoms with E-state index in [4.69, 9.17) is 0 Å². The van der Waals surface area contributed by atoms with Crippen LogP contribution in [0.1, 0.15) is 41.0 Å². The number of hydrogen-bond donors (Lipinski definition) is 1. The molecule has 5 nitrogen and oxygen atoms in total. The third-order valence-electron chi connectivity index (χ3n) is 1.46. The summed E-state index contributed by atoms with van der Waals surface area (Å²) >= 11 is 0. The van der Waals surface area contributed by atoms with E-state index in [9.17, 15) is 14.4 Å². The minimum atomic E-state index is -0.0474. The lowest BCUT2D eigenvalue weighted by molar-refractivity contribution is -0.117. The molecule has 0 aromatic heterocycles. The van der Waals surface area contributed by atoms with Crippen molar-refractivity contribution in [3.8, 4) is 0 Å². The molecule has 0 saturated heterocycles. The number of nitrogens with one attached hydrogen (secondary N) is 1. The number of carbonyl (C=O) groups is 3. The molecule has 0 fully saturated rings. The molecule has 0 radical (unpaired) electrons. The molecule has 0 saturated carbocycles. The molecule has 1 amide bonds. The summed E-state index contributed by atoms with van der Waals surface area (Å²) in [5, 5.41) is 2.77. The molecular formula is C15H30N2O3. The van der Waals surface area contributed by atoms with Crippen molar-refractivity contribution in [2.75, 3.05) is 27.2 Å². The third-order valence-corrected chi connectivity index (χ3v) is 1.46.